The Bertz CT molecular complexity index is 387. The minimum Gasteiger partial charge on any atom is -0.481 e. The van der Waals surface area contributed by atoms with E-state index in [0.717, 1.165) is 44.1 Å². The average molecular weight is 355 g/mol. The lowest BCUT2D eigenvalue weighted by Gasteiger charge is -2.11. The van der Waals surface area contributed by atoms with Gasteiger partial charge in [0.05, 0.1) is 12.3 Å². The summed E-state index contributed by atoms with van der Waals surface area (Å²) in [6.07, 6.45) is 16.5. The van der Waals surface area contributed by atoms with Crippen LogP contribution in [0.3, 0.4) is 0 Å². The van der Waals surface area contributed by atoms with Crippen LogP contribution in [0.25, 0.3) is 0 Å². The van der Waals surface area contributed by atoms with Gasteiger partial charge in [0, 0.05) is 0 Å². The molecule has 0 amide bonds. The van der Waals surface area contributed by atoms with Crippen molar-refractivity contribution in [1.82, 2.24) is 0 Å². The van der Waals surface area contributed by atoms with E-state index >= 15 is 0 Å². The lowest BCUT2D eigenvalue weighted by molar-refractivity contribution is -0.146. The molecule has 0 aliphatic heterocycles. The number of hydrogen-bond acceptors (Lipinski definition) is 2. The van der Waals surface area contributed by atoms with Gasteiger partial charge in [0.25, 0.3) is 0 Å². The lowest BCUT2D eigenvalue weighted by Crippen LogP contribution is -2.16. The molecule has 146 valence electrons. The number of carboxylic acid groups (broad SMARTS) is 2. The van der Waals surface area contributed by atoms with Crippen LogP contribution in [0.5, 0.6) is 0 Å². The topological polar surface area (TPSA) is 74.6 Å². The molecule has 1 atom stereocenters. The Morgan fingerprint density at radius 3 is 1.68 bits per heavy atom. The highest BCUT2D eigenvalue weighted by molar-refractivity contribution is 5.79. The molecular formula is C21H38O4. The Labute approximate surface area is 153 Å². The van der Waals surface area contributed by atoms with Crippen molar-refractivity contribution in [1.29, 1.82) is 0 Å². The van der Waals surface area contributed by atoms with E-state index in [-0.39, 0.29) is 6.42 Å². The van der Waals surface area contributed by atoms with Crippen LogP contribution in [0.4, 0.5) is 0 Å². The zero-order valence-electron chi connectivity index (χ0n) is 16.3. The van der Waals surface area contributed by atoms with Gasteiger partial charge in [-0.05, 0) is 25.7 Å². The molecule has 4 heteroatoms. The number of carbonyl (C=O) groups is 2. The summed E-state index contributed by atoms with van der Waals surface area (Å²) in [5.41, 5.74) is 1.13. The zero-order chi connectivity index (χ0) is 18.9. The summed E-state index contributed by atoms with van der Waals surface area (Å²) >= 11 is 0. The van der Waals surface area contributed by atoms with Crippen LogP contribution in [-0.4, -0.2) is 22.2 Å². The second-order valence-electron chi connectivity index (χ2n) is 7.05. The predicted octanol–water partition coefficient (Wildman–Crippen LogP) is 6.20. The largest absolute Gasteiger partial charge is 0.481 e. The maximum Gasteiger partial charge on any atom is 0.310 e. The maximum atomic E-state index is 11.3. The van der Waals surface area contributed by atoms with Gasteiger partial charge in [0.1, 0.15) is 0 Å². The van der Waals surface area contributed by atoms with E-state index in [1.165, 1.54) is 44.9 Å². The molecule has 0 aromatic carbocycles. The Morgan fingerprint density at radius 2 is 1.20 bits per heavy atom. The number of hydrogen-bond donors (Lipinski definition) is 2. The van der Waals surface area contributed by atoms with Crippen LogP contribution in [-0.2, 0) is 9.59 Å². The van der Waals surface area contributed by atoms with Gasteiger partial charge in [-0.1, -0.05) is 83.3 Å². The highest BCUT2D eigenvalue weighted by Gasteiger charge is 2.19. The Balaban J connectivity index is 4.37. The third kappa shape index (κ3) is 14.7. The molecule has 0 saturated heterocycles. The van der Waals surface area contributed by atoms with Crippen molar-refractivity contribution >= 4 is 11.9 Å². The third-order valence-corrected chi connectivity index (χ3v) is 4.60. The van der Waals surface area contributed by atoms with E-state index in [0.29, 0.717) is 0 Å². The number of unbranched alkanes of at least 4 members (excludes halogenated alkanes) is 9. The molecular weight excluding hydrogens is 316 g/mol. The molecule has 1 unspecified atom stereocenters. The molecule has 0 radical (unpaired) electrons. The summed E-state index contributed by atoms with van der Waals surface area (Å²) in [6, 6.07) is 0. The van der Waals surface area contributed by atoms with Crippen LogP contribution in [0.15, 0.2) is 11.6 Å². The summed E-state index contributed by atoms with van der Waals surface area (Å²) < 4.78 is 0. The third-order valence-electron chi connectivity index (χ3n) is 4.60. The number of allylic oxidation sites excluding steroid dienone is 1. The van der Waals surface area contributed by atoms with E-state index in [1.54, 1.807) is 6.08 Å². The fourth-order valence-electron chi connectivity index (χ4n) is 3.07. The van der Waals surface area contributed by atoms with Crippen molar-refractivity contribution in [2.24, 2.45) is 5.92 Å². The van der Waals surface area contributed by atoms with Crippen LogP contribution in [0.2, 0.25) is 0 Å². The van der Waals surface area contributed by atoms with Crippen molar-refractivity contribution in [3.05, 3.63) is 11.6 Å². The second-order valence-corrected chi connectivity index (χ2v) is 7.05. The maximum absolute atomic E-state index is 11.3. The first-order valence-corrected chi connectivity index (χ1v) is 10.1. The average Bonchev–Trinajstić information content (AvgIpc) is 2.55. The van der Waals surface area contributed by atoms with Gasteiger partial charge in [-0.3, -0.25) is 9.59 Å². The molecule has 0 fully saturated rings. The van der Waals surface area contributed by atoms with Crippen LogP contribution < -0.4 is 0 Å². The SMILES string of the molecule is CCCCCCCCCCC(=CC(CC(=O)O)C(=O)O)CCCCC. The van der Waals surface area contributed by atoms with E-state index in [1.807, 2.05) is 0 Å². The summed E-state index contributed by atoms with van der Waals surface area (Å²) in [5, 5.41) is 18.1. The molecule has 0 spiro atoms. The van der Waals surface area contributed by atoms with Crippen molar-refractivity contribution in [3.63, 3.8) is 0 Å². The molecule has 0 aliphatic rings. The summed E-state index contributed by atoms with van der Waals surface area (Å²) in [6.45, 7) is 4.37. The van der Waals surface area contributed by atoms with E-state index in [2.05, 4.69) is 13.8 Å². The minimum atomic E-state index is -1.05. The summed E-state index contributed by atoms with van der Waals surface area (Å²) in [4.78, 5) is 22.2. The molecule has 2 N–H and O–H groups in total. The minimum absolute atomic E-state index is 0.329. The predicted molar refractivity (Wildman–Crippen MR) is 103 cm³/mol. The van der Waals surface area contributed by atoms with Gasteiger partial charge in [-0.25, -0.2) is 0 Å². The zero-order valence-corrected chi connectivity index (χ0v) is 16.3. The highest BCUT2D eigenvalue weighted by atomic mass is 16.4. The van der Waals surface area contributed by atoms with Crippen molar-refractivity contribution in [3.8, 4) is 0 Å². The first-order chi connectivity index (χ1) is 12.0. The molecule has 0 aliphatic carbocycles. The normalized spacial score (nSPS) is 13.0. The lowest BCUT2D eigenvalue weighted by atomic mass is 9.94. The van der Waals surface area contributed by atoms with Gasteiger partial charge in [-0.15, -0.1) is 0 Å². The van der Waals surface area contributed by atoms with Crippen molar-refractivity contribution in [2.45, 2.75) is 104 Å². The van der Waals surface area contributed by atoms with Gasteiger partial charge in [-0.2, -0.15) is 0 Å². The Morgan fingerprint density at radius 1 is 0.760 bits per heavy atom. The van der Waals surface area contributed by atoms with Crippen molar-refractivity contribution < 1.29 is 19.8 Å². The van der Waals surface area contributed by atoms with Crippen LogP contribution in [0.1, 0.15) is 104 Å². The smallest absolute Gasteiger partial charge is 0.310 e. The van der Waals surface area contributed by atoms with E-state index in [9.17, 15) is 14.7 Å². The Kier molecular flexibility index (Phi) is 15.3. The van der Waals surface area contributed by atoms with Crippen LogP contribution in [0, 0.1) is 5.92 Å². The molecule has 25 heavy (non-hydrogen) atoms. The molecule has 4 nitrogen and oxygen atoms in total. The van der Waals surface area contributed by atoms with Crippen LogP contribution >= 0.6 is 0 Å². The van der Waals surface area contributed by atoms with E-state index in [4.69, 9.17) is 5.11 Å². The fraction of sp³-hybridized carbons (Fsp3) is 0.810. The van der Waals surface area contributed by atoms with Gasteiger partial charge < -0.3 is 10.2 Å². The van der Waals surface area contributed by atoms with Crippen molar-refractivity contribution in [2.75, 3.05) is 0 Å². The number of carboxylic acids is 2. The monoisotopic (exact) mass is 354 g/mol. The molecule has 0 saturated carbocycles. The molecule has 0 aromatic heterocycles. The van der Waals surface area contributed by atoms with E-state index < -0.39 is 17.9 Å². The standard InChI is InChI=1S/C21H38O4/c1-3-5-7-8-9-10-11-13-15-18(14-12-6-4-2)16-19(21(24)25)17-20(22)23/h16,19H,3-15,17H2,1-2H3,(H,22,23)(H,24,25). The molecule has 0 heterocycles. The summed E-state index contributed by atoms with van der Waals surface area (Å²) in [5.74, 6) is -2.99. The first-order valence-electron chi connectivity index (χ1n) is 10.1. The molecule has 0 rings (SSSR count). The second kappa shape index (κ2) is 16.2. The number of rotatable bonds is 17. The highest BCUT2D eigenvalue weighted by Crippen LogP contribution is 2.21. The fourth-order valence-corrected chi connectivity index (χ4v) is 3.07. The molecule has 0 aromatic rings. The van der Waals surface area contributed by atoms with Gasteiger partial charge in [0.2, 0.25) is 0 Å². The molecule has 0 bridgehead atoms. The van der Waals surface area contributed by atoms with Gasteiger partial charge in [0.15, 0.2) is 0 Å². The van der Waals surface area contributed by atoms with Gasteiger partial charge >= 0.3 is 11.9 Å². The Hall–Kier alpha value is -1.32. The summed E-state index contributed by atoms with van der Waals surface area (Å²) in [7, 11) is 0. The number of aliphatic carboxylic acids is 2. The first kappa shape index (κ1) is 23.7. The quantitative estimate of drug-likeness (QED) is 0.241.